The number of hydrogen-bond donors (Lipinski definition) is 3. The van der Waals surface area contributed by atoms with Crippen LogP contribution >= 0.6 is 0 Å². The van der Waals surface area contributed by atoms with Gasteiger partial charge in [0.25, 0.3) is 16.8 Å². The summed E-state index contributed by atoms with van der Waals surface area (Å²) in [4.78, 5) is 37.8. The van der Waals surface area contributed by atoms with Crippen molar-refractivity contribution in [3.05, 3.63) is 44.2 Å². The van der Waals surface area contributed by atoms with Crippen LogP contribution in [0, 0.1) is 0 Å². The van der Waals surface area contributed by atoms with Crippen LogP contribution in [-0.2, 0) is 0 Å². The van der Waals surface area contributed by atoms with Gasteiger partial charge in [0.2, 0.25) is 0 Å². The molecule has 0 spiro atoms. The average Bonchev–Trinajstić information content (AvgIpc) is 3.14. The molecule has 1 atom stereocenters. The summed E-state index contributed by atoms with van der Waals surface area (Å²) in [5, 5.41) is 16.4. The molecule has 0 saturated carbocycles. The molecule has 0 radical (unpaired) electrons. The van der Waals surface area contributed by atoms with E-state index in [0.717, 1.165) is 12.8 Å². The number of carbonyl (C=O) groups is 1. The summed E-state index contributed by atoms with van der Waals surface area (Å²) in [5.74, 6) is -0.807. The Bertz CT molecular complexity index is 948. The van der Waals surface area contributed by atoms with E-state index in [4.69, 9.17) is 0 Å². The third-order valence-electron chi connectivity index (χ3n) is 5.19. The van der Waals surface area contributed by atoms with Crippen molar-refractivity contribution in [1.29, 1.82) is 0 Å². The standard InChI is InChI=1S/C20H24FN3O4/c1-3-12(4-2)22-15-16(19(27)18(15)26)23-14-7-5-6-13(17(14)25)20(28)24-9-8-11(21)10-24/h5-7,11-12,22-23,25H,3-4,8-10H2,1-2H3/t11-/m0/s1. The number of hydrogen-bond acceptors (Lipinski definition) is 6. The van der Waals surface area contributed by atoms with E-state index >= 15 is 0 Å². The molecule has 0 unspecified atom stereocenters. The van der Waals surface area contributed by atoms with Crippen molar-refractivity contribution in [2.75, 3.05) is 23.7 Å². The fraction of sp³-hybridized carbons (Fsp3) is 0.450. The van der Waals surface area contributed by atoms with Crippen molar-refractivity contribution in [2.24, 2.45) is 0 Å². The molecule has 1 saturated heterocycles. The average molecular weight is 389 g/mol. The summed E-state index contributed by atoms with van der Waals surface area (Å²) < 4.78 is 13.4. The lowest BCUT2D eigenvalue weighted by atomic mass is 10.1. The summed E-state index contributed by atoms with van der Waals surface area (Å²) in [5.41, 5.74) is -0.859. The number of carbonyl (C=O) groups excluding carboxylic acids is 1. The highest BCUT2D eigenvalue weighted by atomic mass is 19.1. The van der Waals surface area contributed by atoms with Gasteiger partial charge in [-0.15, -0.1) is 0 Å². The maximum absolute atomic E-state index is 13.4. The third-order valence-corrected chi connectivity index (χ3v) is 5.19. The number of rotatable bonds is 7. The van der Waals surface area contributed by atoms with E-state index in [0.29, 0.717) is 6.54 Å². The third kappa shape index (κ3) is 3.58. The highest BCUT2D eigenvalue weighted by Gasteiger charge is 2.29. The first-order valence-corrected chi connectivity index (χ1v) is 9.49. The number of phenols is 1. The largest absolute Gasteiger partial charge is 0.505 e. The first-order chi connectivity index (χ1) is 13.4. The maximum Gasteiger partial charge on any atom is 0.257 e. The zero-order chi connectivity index (χ0) is 20.4. The Balaban J connectivity index is 1.85. The summed E-state index contributed by atoms with van der Waals surface area (Å²) in [6, 6.07) is 4.55. The van der Waals surface area contributed by atoms with Crippen molar-refractivity contribution in [2.45, 2.75) is 45.3 Å². The lowest BCUT2D eigenvalue weighted by Crippen LogP contribution is -2.38. The molecule has 0 aliphatic carbocycles. The second-order valence-electron chi connectivity index (χ2n) is 7.03. The van der Waals surface area contributed by atoms with E-state index in [-0.39, 0.29) is 47.4 Å². The molecule has 0 bridgehead atoms. The minimum absolute atomic E-state index is 0.00242. The van der Waals surface area contributed by atoms with Gasteiger partial charge >= 0.3 is 0 Å². The molecule has 8 heteroatoms. The lowest BCUT2D eigenvalue weighted by molar-refractivity contribution is 0.0780. The summed E-state index contributed by atoms with van der Waals surface area (Å²) in [6.07, 6.45) is 0.791. The van der Waals surface area contributed by atoms with Crippen LogP contribution in [0.25, 0.3) is 0 Å². The Hall–Kier alpha value is -2.90. The van der Waals surface area contributed by atoms with Crippen molar-refractivity contribution < 1.29 is 14.3 Å². The Morgan fingerprint density at radius 1 is 1.25 bits per heavy atom. The Kier molecular flexibility index (Phi) is 5.67. The van der Waals surface area contributed by atoms with Gasteiger partial charge in [-0.05, 0) is 31.4 Å². The van der Waals surface area contributed by atoms with E-state index in [9.17, 15) is 23.9 Å². The van der Waals surface area contributed by atoms with Gasteiger partial charge in [-0.25, -0.2) is 4.39 Å². The molecule has 2 aromatic rings. The predicted molar refractivity (Wildman–Crippen MR) is 106 cm³/mol. The second-order valence-corrected chi connectivity index (χ2v) is 7.03. The Morgan fingerprint density at radius 3 is 2.54 bits per heavy atom. The lowest BCUT2D eigenvalue weighted by Gasteiger charge is -2.21. The van der Waals surface area contributed by atoms with E-state index in [1.807, 2.05) is 13.8 Å². The second kappa shape index (κ2) is 8.00. The van der Waals surface area contributed by atoms with E-state index in [1.165, 1.54) is 17.0 Å². The van der Waals surface area contributed by atoms with Crippen LogP contribution in [0.1, 0.15) is 43.5 Å². The van der Waals surface area contributed by atoms with Crippen LogP contribution in [0.4, 0.5) is 21.5 Å². The topological polar surface area (TPSA) is 98.7 Å². The Labute approximate surface area is 161 Å². The molecule has 7 nitrogen and oxygen atoms in total. The summed E-state index contributed by atoms with van der Waals surface area (Å²) in [7, 11) is 0. The first kappa shape index (κ1) is 19.9. The fourth-order valence-electron chi connectivity index (χ4n) is 3.37. The van der Waals surface area contributed by atoms with Crippen LogP contribution in [0.5, 0.6) is 5.75 Å². The molecule has 1 fully saturated rings. The van der Waals surface area contributed by atoms with Gasteiger partial charge in [0, 0.05) is 12.6 Å². The van der Waals surface area contributed by atoms with Gasteiger partial charge in [0.1, 0.15) is 17.5 Å². The normalized spacial score (nSPS) is 16.7. The van der Waals surface area contributed by atoms with Crippen LogP contribution in [0.15, 0.2) is 27.8 Å². The number of benzene rings is 1. The zero-order valence-electron chi connectivity index (χ0n) is 15.9. The molecule has 28 heavy (non-hydrogen) atoms. The number of anilines is 3. The Morgan fingerprint density at radius 2 is 1.93 bits per heavy atom. The quantitative estimate of drug-likeness (QED) is 0.497. The van der Waals surface area contributed by atoms with Crippen molar-refractivity contribution in [3.8, 4) is 5.75 Å². The van der Waals surface area contributed by atoms with Gasteiger partial charge < -0.3 is 20.6 Å². The van der Waals surface area contributed by atoms with Crippen LogP contribution < -0.4 is 21.5 Å². The predicted octanol–water partition coefficient (Wildman–Crippen LogP) is 2.52. The van der Waals surface area contributed by atoms with Crippen molar-refractivity contribution >= 4 is 23.0 Å². The number of amides is 1. The first-order valence-electron chi connectivity index (χ1n) is 9.49. The number of phenolic OH excluding ortho intramolecular Hbond substituents is 1. The van der Waals surface area contributed by atoms with E-state index in [2.05, 4.69) is 10.6 Å². The number of nitrogens with zero attached hydrogens (tertiary/aromatic N) is 1. The van der Waals surface area contributed by atoms with Gasteiger partial charge in [-0.1, -0.05) is 19.9 Å². The molecule has 1 amide bonds. The number of aromatic hydroxyl groups is 1. The van der Waals surface area contributed by atoms with Crippen LogP contribution in [0.3, 0.4) is 0 Å². The van der Waals surface area contributed by atoms with Crippen molar-refractivity contribution in [3.63, 3.8) is 0 Å². The van der Waals surface area contributed by atoms with Gasteiger partial charge in [-0.3, -0.25) is 14.4 Å². The molecular weight excluding hydrogens is 365 g/mol. The number of halogens is 1. The molecule has 2 aromatic carbocycles. The molecule has 1 aliphatic rings. The fourth-order valence-corrected chi connectivity index (χ4v) is 3.37. The summed E-state index contributed by atoms with van der Waals surface area (Å²) >= 11 is 0. The molecular formula is C20H24FN3O4. The van der Waals surface area contributed by atoms with Crippen molar-refractivity contribution in [1.82, 2.24) is 4.90 Å². The number of likely N-dealkylation sites (tertiary alicyclic amines) is 1. The zero-order valence-corrected chi connectivity index (χ0v) is 15.9. The van der Waals surface area contributed by atoms with Crippen LogP contribution in [0.2, 0.25) is 0 Å². The molecule has 3 N–H and O–H groups in total. The monoisotopic (exact) mass is 389 g/mol. The molecule has 3 rings (SSSR count). The molecule has 0 aromatic heterocycles. The van der Waals surface area contributed by atoms with Gasteiger partial charge in [0.05, 0.1) is 17.8 Å². The smallest absolute Gasteiger partial charge is 0.257 e. The minimum Gasteiger partial charge on any atom is -0.505 e. The van der Waals surface area contributed by atoms with E-state index < -0.39 is 22.9 Å². The molecule has 150 valence electrons. The molecule has 1 heterocycles. The minimum atomic E-state index is -1.06. The number of alkyl halides is 1. The SMILES string of the molecule is CCC(CC)Nc1c(Nc2cccc(C(=O)N3CC[C@H](F)C3)c2O)c(=O)c1=O. The summed E-state index contributed by atoms with van der Waals surface area (Å²) in [6.45, 7) is 4.23. The van der Waals surface area contributed by atoms with Gasteiger partial charge in [0.15, 0.2) is 5.75 Å². The van der Waals surface area contributed by atoms with Crippen LogP contribution in [-0.4, -0.2) is 41.2 Å². The number of nitrogens with one attached hydrogen (secondary N) is 2. The number of para-hydroxylation sites is 1. The van der Waals surface area contributed by atoms with E-state index in [1.54, 1.807) is 6.07 Å². The highest BCUT2D eigenvalue weighted by molar-refractivity contribution is 5.99. The molecule has 1 aliphatic heterocycles. The highest BCUT2D eigenvalue weighted by Crippen LogP contribution is 2.33. The maximum atomic E-state index is 13.4. The van der Waals surface area contributed by atoms with Gasteiger partial charge in [-0.2, -0.15) is 0 Å².